The summed E-state index contributed by atoms with van der Waals surface area (Å²) < 4.78 is 0. The SMILES string of the molecule is C=C(/C=C(/CNc1nc(Nc2cc(C3CC3)[nH]n2)cc(N2CCN(C)CC2)n1)ON)CC. The first-order chi connectivity index (χ1) is 15.5. The molecular formula is C22H33N9O. The molecule has 0 aromatic carbocycles. The Morgan fingerprint density at radius 2 is 2.03 bits per heavy atom. The van der Waals surface area contributed by atoms with Gasteiger partial charge in [0.15, 0.2) is 5.82 Å². The molecule has 3 heterocycles. The van der Waals surface area contributed by atoms with Crippen LogP contribution in [-0.4, -0.2) is 64.8 Å². The van der Waals surface area contributed by atoms with Crippen LogP contribution in [0.5, 0.6) is 0 Å². The highest BCUT2D eigenvalue weighted by Gasteiger charge is 2.25. The third-order valence-corrected chi connectivity index (χ3v) is 5.80. The first kappa shape index (κ1) is 22.1. The highest BCUT2D eigenvalue weighted by Crippen LogP contribution is 2.39. The molecule has 172 valence electrons. The van der Waals surface area contributed by atoms with Crippen molar-refractivity contribution in [1.82, 2.24) is 25.1 Å². The first-order valence-corrected chi connectivity index (χ1v) is 11.2. The van der Waals surface area contributed by atoms with Gasteiger partial charge in [-0.2, -0.15) is 21.0 Å². The van der Waals surface area contributed by atoms with Crippen LogP contribution in [0.25, 0.3) is 0 Å². The van der Waals surface area contributed by atoms with Crippen LogP contribution >= 0.6 is 0 Å². The fraction of sp³-hybridized carbons (Fsp3) is 0.500. The number of hydrogen-bond donors (Lipinski definition) is 4. The number of allylic oxidation sites excluding steroid dienone is 2. The summed E-state index contributed by atoms with van der Waals surface area (Å²) in [5.74, 6) is 9.42. The van der Waals surface area contributed by atoms with Crippen LogP contribution in [0.1, 0.15) is 37.8 Å². The maximum absolute atomic E-state index is 5.44. The standard InChI is InChI=1S/C22H33N9O/c1-4-15(2)11-17(32-23)14-24-22-26-19(25-20-12-18(28-29-20)16-5-6-16)13-21(27-22)31-9-7-30(3)8-10-31/h11-13,16H,2,4-10,14,23H2,1,3H3,(H3,24,25,26,27,28,29)/b17-11-. The number of anilines is 4. The van der Waals surface area contributed by atoms with Crippen molar-refractivity contribution in [2.24, 2.45) is 5.90 Å². The minimum absolute atomic E-state index is 0.357. The third-order valence-electron chi connectivity index (χ3n) is 5.80. The van der Waals surface area contributed by atoms with Crippen molar-refractivity contribution in [1.29, 1.82) is 0 Å². The summed E-state index contributed by atoms with van der Waals surface area (Å²) in [5, 5.41) is 14.1. The minimum atomic E-state index is 0.357. The fourth-order valence-corrected chi connectivity index (χ4v) is 3.53. The lowest BCUT2D eigenvalue weighted by Gasteiger charge is -2.33. The zero-order valence-electron chi connectivity index (χ0n) is 18.9. The van der Waals surface area contributed by atoms with Crippen molar-refractivity contribution in [3.8, 4) is 0 Å². The van der Waals surface area contributed by atoms with E-state index in [0.717, 1.165) is 49.8 Å². The Kier molecular flexibility index (Phi) is 6.91. The Labute approximate surface area is 188 Å². The summed E-state index contributed by atoms with van der Waals surface area (Å²) in [6.45, 7) is 10.2. The molecular weight excluding hydrogens is 406 g/mol. The second-order valence-corrected chi connectivity index (χ2v) is 8.43. The largest absolute Gasteiger partial charge is 0.414 e. The molecule has 0 bridgehead atoms. The highest BCUT2D eigenvalue weighted by atomic mass is 16.6. The van der Waals surface area contributed by atoms with Crippen LogP contribution in [0.3, 0.4) is 0 Å². The van der Waals surface area contributed by atoms with E-state index in [2.05, 4.69) is 55.3 Å². The monoisotopic (exact) mass is 439 g/mol. The zero-order valence-corrected chi connectivity index (χ0v) is 18.9. The van der Waals surface area contributed by atoms with Gasteiger partial charge >= 0.3 is 0 Å². The van der Waals surface area contributed by atoms with Gasteiger partial charge in [0, 0.05) is 49.9 Å². The molecule has 1 saturated heterocycles. The molecule has 2 aromatic heterocycles. The Hall–Kier alpha value is -3.11. The number of nitrogens with zero attached hydrogens (tertiary/aromatic N) is 5. The van der Waals surface area contributed by atoms with Gasteiger partial charge in [0.1, 0.15) is 17.4 Å². The predicted octanol–water partition coefficient (Wildman–Crippen LogP) is 2.72. The molecule has 0 spiro atoms. The summed E-state index contributed by atoms with van der Waals surface area (Å²) in [7, 11) is 2.14. The van der Waals surface area contributed by atoms with Crippen LogP contribution in [0, 0.1) is 0 Å². The second-order valence-electron chi connectivity index (χ2n) is 8.43. The molecule has 10 heteroatoms. The van der Waals surface area contributed by atoms with Crippen molar-refractivity contribution in [3.63, 3.8) is 0 Å². The Morgan fingerprint density at radius 3 is 2.72 bits per heavy atom. The Balaban J connectivity index is 1.53. The normalized spacial score (nSPS) is 17.3. The maximum atomic E-state index is 5.44. The molecule has 0 amide bonds. The van der Waals surface area contributed by atoms with Crippen LogP contribution in [0.2, 0.25) is 0 Å². The maximum Gasteiger partial charge on any atom is 0.227 e. The van der Waals surface area contributed by atoms with Crippen molar-refractivity contribution >= 4 is 23.4 Å². The molecule has 1 aliphatic heterocycles. The van der Waals surface area contributed by atoms with Crippen molar-refractivity contribution in [3.05, 3.63) is 41.8 Å². The lowest BCUT2D eigenvalue weighted by molar-refractivity contribution is 0.219. The van der Waals surface area contributed by atoms with Crippen LogP contribution in [-0.2, 0) is 4.84 Å². The topological polar surface area (TPSA) is 120 Å². The fourth-order valence-electron chi connectivity index (χ4n) is 3.53. The van der Waals surface area contributed by atoms with Crippen LogP contribution in [0.4, 0.5) is 23.4 Å². The smallest absolute Gasteiger partial charge is 0.227 e. The molecule has 1 saturated carbocycles. The van der Waals surface area contributed by atoms with E-state index in [1.54, 1.807) is 0 Å². The number of hydrogen-bond acceptors (Lipinski definition) is 9. The zero-order chi connectivity index (χ0) is 22.5. The van der Waals surface area contributed by atoms with Crippen LogP contribution in [0.15, 0.2) is 36.1 Å². The Morgan fingerprint density at radius 1 is 1.25 bits per heavy atom. The number of nitrogens with one attached hydrogen (secondary N) is 3. The molecule has 4 rings (SSSR count). The number of aromatic amines is 1. The molecule has 32 heavy (non-hydrogen) atoms. The van der Waals surface area contributed by atoms with Gasteiger partial charge in [0.05, 0.1) is 6.54 Å². The van der Waals surface area contributed by atoms with Gasteiger partial charge in [-0.05, 0) is 32.4 Å². The van der Waals surface area contributed by atoms with E-state index in [-0.39, 0.29) is 0 Å². The van der Waals surface area contributed by atoms with E-state index >= 15 is 0 Å². The van der Waals surface area contributed by atoms with E-state index in [1.165, 1.54) is 18.5 Å². The average molecular weight is 440 g/mol. The quantitative estimate of drug-likeness (QED) is 0.251. The summed E-state index contributed by atoms with van der Waals surface area (Å²) in [4.78, 5) is 19.0. The first-order valence-electron chi connectivity index (χ1n) is 11.2. The molecule has 10 nitrogen and oxygen atoms in total. The summed E-state index contributed by atoms with van der Waals surface area (Å²) in [6, 6.07) is 4.03. The van der Waals surface area contributed by atoms with Gasteiger partial charge in [0.2, 0.25) is 5.95 Å². The lowest BCUT2D eigenvalue weighted by Crippen LogP contribution is -2.44. The molecule has 2 aromatic rings. The Bertz CT molecular complexity index is 958. The molecule has 5 N–H and O–H groups in total. The summed E-state index contributed by atoms with van der Waals surface area (Å²) in [5.41, 5.74) is 2.11. The summed E-state index contributed by atoms with van der Waals surface area (Å²) >= 11 is 0. The van der Waals surface area contributed by atoms with Gasteiger partial charge in [-0.3, -0.25) is 5.10 Å². The van der Waals surface area contributed by atoms with Crippen molar-refractivity contribution in [2.75, 3.05) is 55.3 Å². The number of piperazine rings is 1. The van der Waals surface area contributed by atoms with Crippen molar-refractivity contribution in [2.45, 2.75) is 32.1 Å². The number of aromatic nitrogens is 4. The van der Waals surface area contributed by atoms with E-state index in [9.17, 15) is 0 Å². The summed E-state index contributed by atoms with van der Waals surface area (Å²) in [6.07, 6.45) is 5.10. The van der Waals surface area contributed by atoms with Gasteiger partial charge < -0.3 is 25.3 Å². The van der Waals surface area contributed by atoms with Crippen LogP contribution < -0.4 is 21.4 Å². The van der Waals surface area contributed by atoms with Gasteiger partial charge in [-0.1, -0.05) is 19.1 Å². The molecule has 0 unspecified atom stereocenters. The van der Waals surface area contributed by atoms with Crippen molar-refractivity contribution < 1.29 is 4.84 Å². The third kappa shape index (κ3) is 5.77. The van der Waals surface area contributed by atoms with Gasteiger partial charge in [-0.25, -0.2) is 0 Å². The molecule has 2 fully saturated rings. The van der Waals surface area contributed by atoms with E-state index < -0.39 is 0 Å². The number of rotatable bonds is 10. The average Bonchev–Trinajstić information content (AvgIpc) is 3.55. The van der Waals surface area contributed by atoms with Gasteiger partial charge in [0.25, 0.3) is 0 Å². The lowest BCUT2D eigenvalue weighted by atomic mass is 10.2. The number of likely N-dealkylation sites (N-methyl/N-ethyl adjacent to an activating group) is 1. The second kappa shape index (κ2) is 10.0. The predicted molar refractivity (Wildman–Crippen MR) is 127 cm³/mol. The van der Waals surface area contributed by atoms with E-state index in [0.29, 0.717) is 30.0 Å². The molecule has 0 atom stereocenters. The molecule has 0 radical (unpaired) electrons. The molecule has 1 aliphatic carbocycles. The van der Waals surface area contributed by atoms with Gasteiger partial charge in [-0.15, -0.1) is 0 Å². The van der Waals surface area contributed by atoms with E-state index in [1.807, 2.05) is 19.1 Å². The highest BCUT2D eigenvalue weighted by molar-refractivity contribution is 5.60. The molecule has 2 aliphatic rings. The number of H-pyrrole nitrogens is 1. The minimum Gasteiger partial charge on any atom is -0.414 e. The van der Waals surface area contributed by atoms with E-state index in [4.69, 9.17) is 15.7 Å². The number of nitrogens with two attached hydrogens (primary N) is 1.